The highest BCUT2D eigenvalue weighted by Crippen LogP contribution is 2.35. The first-order chi connectivity index (χ1) is 22.7. The Morgan fingerprint density at radius 2 is 1.22 bits per heavy atom. The topological polar surface area (TPSA) is 111 Å². The summed E-state index contributed by atoms with van der Waals surface area (Å²) in [6, 6.07) is 3.89. The van der Waals surface area contributed by atoms with Crippen LogP contribution in [0.2, 0.25) is 0 Å². The molecule has 0 atom stereocenters. The van der Waals surface area contributed by atoms with Crippen molar-refractivity contribution < 1.29 is 14.3 Å². The van der Waals surface area contributed by atoms with Gasteiger partial charge in [-0.3, -0.25) is 4.79 Å². The molecule has 50 heavy (non-hydrogen) atoms. The summed E-state index contributed by atoms with van der Waals surface area (Å²) < 4.78 is 5.52. The third kappa shape index (κ3) is 11.6. The van der Waals surface area contributed by atoms with Crippen molar-refractivity contribution in [1.82, 2.24) is 29.8 Å². The van der Waals surface area contributed by atoms with Crippen LogP contribution in [0, 0.1) is 0 Å². The summed E-state index contributed by atoms with van der Waals surface area (Å²) in [5, 5.41) is 3.52. The molecule has 4 heterocycles. The predicted molar refractivity (Wildman–Crippen MR) is 208 cm³/mol. The second kappa shape index (κ2) is 15.4. The van der Waals surface area contributed by atoms with Crippen molar-refractivity contribution in [2.24, 2.45) is 0 Å². The van der Waals surface area contributed by atoms with Gasteiger partial charge >= 0.3 is 6.09 Å². The Hall–Kier alpha value is -2.79. The Morgan fingerprint density at radius 3 is 1.68 bits per heavy atom. The molecule has 0 saturated carbocycles. The van der Waals surface area contributed by atoms with Gasteiger partial charge in [-0.2, -0.15) is 0 Å². The van der Waals surface area contributed by atoms with E-state index in [0.29, 0.717) is 24.7 Å². The van der Waals surface area contributed by atoms with Gasteiger partial charge in [-0.1, -0.05) is 99.0 Å². The minimum absolute atomic E-state index is 0.00611. The van der Waals surface area contributed by atoms with Gasteiger partial charge in [0.05, 0.1) is 33.1 Å². The summed E-state index contributed by atoms with van der Waals surface area (Å²) in [4.78, 5) is 49.7. The summed E-state index contributed by atoms with van der Waals surface area (Å²) in [5.41, 5.74) is 3.33. The van der Waals surface area contributed by atoms with E-state index in [-0.39, 0.29) is 38.9 Å². The summed E-state index contributed by atoms with van der Waals surface area (Å²) in [6.07, 6.45) is 1.58. The van der Waals surface area contributed by atoms with Crippen molar-refractivity contribution in [2.75, 3.05) is 18.4 Å². The van der Waals surface area contributed by atoms with Crippen LogP contribution in [0.15, 0.2) is 17.5 Å². The maximum Gasteiger partial charge on any atom is 0.410 e. The first-order valence-corrected chi connectivity index (χ1v) is 19.5. The summed E-state index contributed by atoms with van der Waals surface area (Å²) in [6.45, 7) is 32.5. The van der Waals surface area contributed by atoms with Crippen molar-refractivity contribution in [3.63, 3.8) is 0 Å². The molecule has 0 radical (unpaired) electrons. The van der Waals surface area contributed by atoms with Gasteiger partial charge in [0.15, 0.2) is 5.78 Å². The monoisotopic (exact) mass is 770 g/mol. The molecule has 1 aliphatic rings. The number of Topliss-reactive ketones (excluding diaryl/α,β-unsaturated/α-hetero) is 1. The number of rotatable bonds is 4. The fourth-order valence-electron chi connectivity index (χ4n) is 4.90. The molecule has 1 saturated heterocycles. The number of ketones is 1. The minimum atomic E-state index is -0.465. The van der Waals surface area contributed by atoms with Gasteiger partial charge in [0.25, 0.3) is 0 Å². The van der Waals surface area contributed by atoms with E-state index in [1.807, 2.05) is 25.7 Å². The number of hydrogen-bond acceptors (Lipinski definition) is 9. The van der Waals surface area contributed by atoms with Gasteiger partial charge in [0.1, 0.15) is 22.9 Å². The van der Waals surface area contributed by atoms with Gasteiger partial charge in [-0.15, -0.1) is 11.3 Å². The molecule has 0 aliphatic carbocycles. The molecule has 1 fully saturated rings. The lowest BCUT2D eigenvalue weighted by Gasteiger charge is -2.32. The highest BCUT2D eigenvalue weighted by Gasteiger charge is 2.30. The molecule has 0 aromatic carbocycles. The first kappa shape index (κ1) is 41.6. The van der Waals surface area contributed by atoms with E-state index >= 15 is 0 Å². The number of carbonyl (C=O) groups is 2. The molecule has 0 unspecified atom stereocenters. The Balaban J connectivity index is 0.000000319. The van der Waals surface area contributed by atoms with Gasteiger partial charge in [-0.25, -0.2) is 29.7 Å². The number of carbonyl (C=O) groups excluding carboxylic acids is 2. The van der Waals surface area contributed by atoms with Crippen LogP contribution in [0.3, 0.4) is 0 Å². The van der Waals surface area contributed by atoms with Crippen molar-refractivity contribution >= 4 is 39.1 Å². The van der Waals surface area contributed by atoms with Crippen molar-refractivity contribution in [2.45, 2.75) is 150 Å². The molecule has 0 spiro atoms. The van der Waals surface area contributed by atoms with Crippen LogP contribution >= 0.6 is 27.3 Å². The number of amides is 1. The fraction of sp³-hybridized carbons (Fsp3) is 0.667. The molecular formula is C39H59BrN6O3S. The number of hydrogen-bond donors (Lipinski definition) is 0. The molecule has 1 aliphatic heterocycles. The van der Waals surface area contributed by atoms with Crippen LogP contribution in [0.1, 0.15) is 161 Å². The Labute approximate surface area is 313 Å². The zero-order chi connectivity index (χ0) is 38.0. The molecule has 3 aromatic heterocycles. The third-order valence-electron chi connectivity index (χ3n) is 8.02. The van der Waals surface area contributed by atoms with Crippen LogP contribution in [-0.2, 0) is 26.4 Å². The van der Waals surface area contributed by atoms with E-state index in [0.717, 1.165) is 52.3 Å². The Bertz CT molecular complexity index is 1580. The lowest BCUT2D eigenvalue weighted by molar-refractivity contribution is 0.0204. The smallest absolute Gasteiger partial charge is 0.410 e. The van der Waals surface area contributed by atoms with Crippen LogP contribution in [-0.4, -0.2) is 65.7 Å². The molecule has 276 valence electrons. The second-order valence-corrected chi connectivity index (χ2v) is 19.7. The van der Waals surface area contributed by atoms with Crippen molar-refractivity contribution in [3.05, 3.63) is 51.3 Å². The number of thiazole rings is 1. The first-order valence-electron chi connectivity index (χ1n) is 17.5. The van der Waals surface area contributed by atoms with Crippen LogP contribution < -0.4 is 0 Å². The number of likely N-dealkylation sites (tertiary alicyclic amines) is 1. The Morgan fingerprint density at radius 1 is 0.720 bits per heavy atom. The van der Waals surface area contributed by atoms with E-state index in [2.05, 4.69) is 120 Å². The molecule has 4 rings (SSSR count). The molecule has 0 bridgehead atoms. The van der Waals surface area contributed by atoms with E-state index in [9.17, 15) is 9.59 Å². The number of halogens is 1. The molecule has 3 aromatic rings. The summed E-state index contributed by atoms with van der Waals surface area (Å²) >= 11 is 4.88. The molecule has 11 heteroatoms. The number of nitrogens with zero attached hydrogens (tertiary/aromatic N) is 6. The van der Waals surface area contributed by atoms with Crippen molar-refractivity contribution in [1.29, 1.82) is 0 Å². The minimum Gasteiger partial charge on any atom is -0.444 e. The van der Waals surface area contributed by atoms with E-state index in [1.165, 1.54) is 0 Å². The number of aromatic nitrogens is 5. The average molecular weight is 772 g/mol. The van der Waals surface area contributed by atoms with Crippen LogP contribution in [0.4, 0.5) is 4.79 Å². The largest absolute Gasteiger partial charge is 0.444 e. The lowest BCUT2D eigenvalue weighted by atomic mass is 9.89. The van der Waals surface area contributed by atoms with Crippen LogP contribution in [0.25, 0.3) is 11.4 Å². The van der Waals surface area contributed by atoms with Gasteiger partial charge in [0.2, 0.25) is 0 Å². The quantitative estimate of drug-likeness (QED) is 0.190. The fourth-order valence-corrected chi connectivity index (χ4v) is 6.18. The highest BCUT2D eigenvalue weighted by atomic mass is 79.9. The van der Waals surface area contributed by atoms with Crippen molar-refractivity contribution in [3.8, 4) is 11.4 Å². The maximum atomic E-state index is 12.3. The van der Waals surface area contributed by atoms with Crippen LogP contribution in [0.5, 0.6) is 0 Å². The zero-order valence-corrected chi connectivity index (χ0v) is 35.4. The predicted octanol–water partition coefficient (Wildman–Crippen LogP) is 9.96. The third-order valence-corrected chi connectivity index (χ3v) is 9.53. The van der Waals surface area contributed by atoms with E-state index < -0.39 is 5.60 Å². The summed E-state index contributed by atoms with van der Waals surface area (Å²) in [5.74, 6) is 1.92. The van der Waals surface area contributed by atoms with E-state index in [1.54, 1.807) is 17.4 Å². The summed E-state index contributed by atoms with van der Waals surface area (Å²) in [7, 11) is 0. The number of piperidine rings is 1. The lowest BCUT2D eigenvalue weighted by Crippen LogP contribution is -2.41. The number of ether oxygens (including phenoxy) is 1. The van der Waals surface area contributed by atoms with Gasteiger partial charge in [-0.05, 0) is 45.7 Å². The molecule has 1 amide bonds. The number of alkyl halides is 1. The zero-order valence-electron chi connectivity index (χ0n) is 33.0. The highest BCUT2D eigenvalue weighted by molar-refractivity contribution is 9.09. The average Bonchev–Trinajstić information content (AvgIpc) is 3.49. The molecular weight excluding hydrogens is 712 g/mol. The maximum absolute atomic E-state index is 12.3. The van der Waals surface area contributed by atoms with Gasteiger partial charge in [0, 0.05) is 46.0 Å². The molecule has 0 N–H and O–H groups in total. The molecule has 9 nitrogen and oxygen atoms in total. The normalized spacial score (nSPS) is 15.0. The van der Waals surface area contributed by atoms with Gasteiger partial charge < -0.3 is 9.64 Å². The standard InChI is InChI=1S/C25H38N4O2S.C14H21BrN2O/c1-23(2,3)19-14-17(27-21(28-19)24(4,5)6)18-15-32-20(26-18)16-10-12-29(13-11-16)22(30)31-25(7,8)9;1-13(2,3)11-7-9(10(18)8-15)16-12(17-11)14(4,5)6/h14-16H,10-13H2,1-9H3;7H,8H2,1-6H3. The van der Waals surface area contributed by atoms with E-state index in [4.69, 9.17) is 19.7 Å². The SMILES string of the molecule is CC(C)(C)OC(=O)N1CCC(c2nc(-c3cc(C(C)(C)C)nc(C(C)(C)C)n3)cs2)CC1.CC(C)(C)c1cc(C(=O)CBr)nc(C(C)(C)C)n1. The second-order valence-electron chi connectivity index (χ2n) is 18.3. The Kier molecular flexibility index (Phi) is 12.9.